The summed E-state index contributed by atoms with van der Waals surface area (Å²) in [6.45, 7) is 9.13. The lowest BCUT2D eigenvalue weighted by molar-refractivity contribution is 0.423. The van der Waals surface area contributed by atoms with Gasteiger partial charge in [0.25, 0.3) is 0 Å². The maximum Gasteiger partial charge on any atom is 0.00484 e. The van der Waals surface area contributed by atoms with Crippen molar-refractivity contribution in [1.29, 1.82) is 0 Å². The van der Waals surface area contributed by atoms with Gasteiger partial charge in [-0.25, -0.2) is 0 Å². The molecule has 1 rings (SSSR count). The molecule has 1 aromatic rings. The topological polar surface area (TPSA) is 12.0 Å². The lowest BCUT2D eigenvalue weighted by atomic mass is 9.98. The molecule has 0 aliphatic carbocycles. The SMILES string of the molecule is CCCC(CNCC(C)C)Cc1cccs1. The minimum absolute atomic E-state index is 0.754. The zero-order valence-corrected chi connectivity index (χ0v) is 11.6. The summed E-state index contributed by atoms with van der Waals surface area (Å²) in [6, 6.07) is 4.42. The molecule has 16 heavy (non-hydrogen) atoms. The second kappa shape index (κ2) is 7.86. The maximum atomic E-state index is 3.59. The molecular weight excluding hydrogens is 214 g/mol. The fourth-order valence-corrected chi connectivity index (χ4v) is 2.79. The molecule has 0 spiro atoms. The van der Waals surface area contributed by atoms with Gasteiger partial charge in [0, 0.05) is 4.88 Å². The second-order valence-corrected chi connectivity index (χ2v) is 6.02. The number of rotatable bonds is 8. The number of thiophene rings is 1. The van der Waals surface area contributed by atoms with Crippen molar-refractivity contribution in [3.05, 3.63) is 22.4 Å². The first-order valence-electron chi connectivity index (χ1n) is 6.45. The van der Waals surface area contributed by atoms with Gasteiger partial charge >= 0.3 is 0 Å². The van der Waals surface area contributed by atoms with Crippen molar-refractivity contribution < 1.29 is 0 Å². The van der Waals surface area contributed by atoms with Gasteiger partial charge in [0.1, 0.15) is 0 Å². The van der Waals surface area contributed by atoms with E-state index in [0.717, 1.165) is 18.4 Å². The lowest BCUT2D eigenvalue weighted by Crippen LogP contribution is -2.27. The van der Waals surface area contributed by atoms with Crippen molar-refractivity contribution in [2.45, 2.75) is 40.0 Å². The molecule has 1 nitrogen and oxygen atoms in total. The van der Waals surface area contributed by atoms with Crippen LogP contribution in [0.2, 0.25) is 0 Å². The molecule has 0 aliphatic rings. The minimum Gasteiger partial charge on any atom is -0.316 e. The van der Waals surface area contributed by atoms with Crippen LogP contribution >= 0.6 is 11.3 Å². The predicted molar refractivity (Wildman–Crippen MR) is 74.1 cm³/mol. The molecule has 1 N–H and O–H groups in total. The highest BCUT2D eigenvalue weighted by molar-refractivity contribution is 7.09. The first-order chi connectivity index (χ1) is 7.72. The van der Waals surface area contributed by atoms with E-state index < -0.39 is 0 Å². The highest BCUT2D eigenvalue weighted by atomic mass is 32.1. The summed E-state index contributed by atoms with van der Waals surface area (Å²) < 4.78 is 0. The van der Waals surface area contributed by atoms with Gasteiger partial charge in [-0.1, -0.05) is 33.3 Å². The molecule has 92 valence electrons. The molecule has 0 amide bonds. The molecule has 2 heteroatoms. The third-order valence-corrected chi connectivity index (χ3v) is 3.65. The Bertz CT molecular complexity index is 254. The van der Waals surface area contributed by atoms with Crippen LogP contribution in [-0.4, -0.2) is 13.1 Å². The Morgan fingerprint density at radius 1 is 1.31 bits per heavy atom. The second-order valence-electron chi connectivity index (χ2n) is 4.99. The molecule has 0 fully saturated rings. The number of hydrogen-bond donors (Lipinski definition) is 1. The van der Waals surface area contributed by atoms with Crippen LogP contribution < -0.4 is 5.32 Å². The van der Waals surface area contributed by atoms with Crippen LogP contribution in [0.3, 0.4) is 0 Å². The van der Waals surface area contributed by atoms with Crippen LogP contribution in [-0.2, 0) is 6.42 Å². The molecule has 1 heterocycles. The normalized spacial score (nSPS) is 13.2. The molecule has 0 aliphatic heterocycles. The summed E-state index contributed by atoms with van der Waals surface area (Å²) >= 11 is 1.89. The summed E-state index contributed by atoms with van der Waals surface area (Å²) in [4.78, 5) is 1.53. The first kappa shape index (κ1) is 13.7. The van der Waals surface area contributed by atoms with Crippen molar-refractivity contribution in [2.75, 3.05) is 13.1 Å². The van der Waals surface area contributed by atoms with E-state index in [2.05, 4.69) is 43.6 Å². The summed E-state index contributed by atoms with van der Waals surface area (Å²) in [5, 5.41) is 5.77. The van der Waals surface area contributed by atoms with E-state index in [9.17, 15) is 0 Å². The van der Waals surface area contributed by atoms with Crippen LogP contribution in [0.1, 0.15) is 38.5 Å². The van der Waals surface area contributed by atoms with Crippen LogP contribution in [0.15, 0.2) is 17.5 Å². The highest BCUT2D eigenvalue weighted by Gasteiger charge is 2.09. The smallest absolute Gasteiger partial charge is 0.00484 e. The van der Waals surface area contributed by atoms with E-state index in [0.29, 0.717) is 0 Å². The summed E-state index contributed by atoms with van der Waals surface area (Å²) in [6.07, 6.45) is 3.87. The van der Waals surface area contributed by atoms with Gasteiger partial charge in [0.2, 0.25) is 0 Å². The molecular formula is C14H25NS. The van der Waals surface area contributed by atoms with Gasteiger partial charge in [-0.3, -0.25) is 0 Å². The van der Waals surface area contributed by atoms with Crippen molar-refractivity contribution >= 4 is 11.3 Å². The molecule has 0 saturated heterocycles. The van der Waals surface area contributed by atoms with Gasteiger partial charge in [-0.2, -0.15) is 0 Å². The fourth-order valence-electron chi connectivity index (χ4n) is 1.97. The molecule has 0 radical (unpaired) electrons. The van der Waals surface area contributed by atoms with Crippen LogP contribution in [0.5, 0.6) is 0 Å². The Morgan fingerprint density at radius 2 is 2.12 bits per heavy atom. The van der Waals surface area contributed by atoms with E-state index in [1.54, 1.807) is 0 Å². The predicted octanol–water partition coefficient (Wildman–Crippen LogP) is 3.95. The van der Waals surface area contributed by atoms with Crippen molar-refractivity contribution in [3.8, 4) is 0 Å². The first-order valence-corrected chi connectivity index (χ1v) is 7.33. The Hall–Kier alpha value is -0.340. The van der Waals surface area contributed by atoms with Crippen LogP contribution in [0, 0.1) is 11.8 Å². The van der Waals surface area contributed by atoms with E-state index in [1.807, 2.05) is 11.3 Å². The van der Waals surface area contributed by atoms with E-state index in [1.165, 1.54) is 30.7 Å². The maximum absolute atomic E-state index is 3.59. The van der Waals surface area contributed by atoms with E-state index >= 15 is 0 Å². The monoisotopic (exact) mass is 239 g/mol. The van der Waals surface area contributed by atoms with Gasteiger partial charge in [0.15, 0.2) is 0 Å². The number of nitrogens with one attached hydrogen (secondary N) is 1. The third-order valence-electron chi connectivity index (χ3n) is 2.75. The van der Waals surface area contributed by atoms with Crippen molar-refractivity contribution in [1.82, 2.24) is 5.32 Å². The largest absolute Gasteiger partial charge is 0.316 e. The molecule has 1 aromatic heterocycles. The van der Waals surface area contributed by atoms with Gasteiger partial charge in [-0.05, 0) is 49.2 Å². The summed E-state index contributed by atoms with van der Waals surface area (Å²) in [7, 11) is 0. The van der Waals surface area contributed by atoms with Gasteiger partial charge in [-0.15, -0.1) is 11.3 Å². The highest BCUT2D eigenvalue weighted by Crippen LogP contribution is 2.17. The zero-order chi connectivity index (χ0) is 11.8. The Morgan fingerprint density at radius 3 is 2.69 bits per heavy atom. The van der Waals surface area contributed by atoms with E-state index in [4.69, 9.17) is 0 Å². The van der Waals surface area contributed by atoms with Gasteiger partial charge < -0.3 is 5.32 Å². The summed E-state index contributed by atoms with van der Waals surface area (Å²) in [5.41, 5.74) is 0. The Balaban J connectivity index is 2.29. The minimum atomic E-state index is 0.754. The number of hydrogen-bond acceptors (Lipinski definition) is 2. The Kier molecular flexibility index (Phi) is 6.74. The van der Waals surface area contributed by atoms with Crippen molar-refractivity contribution in [3.63, 3.8) is 0 Å². The Labute approximate surface area is 104 Å². The zero-order valence-electron chi connectivity index (χ0n) is 10.8. The molecule has 1 unspecified atom stereocenters. The van der Waals surface area contributed by atoms with Crippen LogP contribution in [0.4, 0.5) is 0 Å². The van der Waals surface area contributed by atoms with Crippen molar-refractivity contribution in [2.24, 2.45) is 11.8 Å². The molecule has 0 aromatic carbocycles. The fraction of sp³-hybridized carbons (Fsp3) is 0.714. The average Bonchev–Trinajstić information content (AvgIpc) is 2.70. The standard InChI is InChI=1S/C14H25NS/c1-4-6-13(11-15-10-12(2)3)9-14-7-5-8-16-14/h5,7-8,12-13,15H,4,6,9-11H2,1-3H3. The lowest BCUT2D eigenvalue weighted by Gasteiger charge is -2.17. The molecule has 0 saturated carbocycles. The molecule has 1 atom stereocenters. The third kappa shape index (κ3) is 5.66. The summed E-state index contributed by atoms with van der Waals surface area (Å²) in [5.74, 6) is 1.56. The van der Waals surface area contributed by atoms with E-state index in [-0.39, 0.29) is 0 Å². The molecule has 0 bridgehead atoms. The average molecular weight is 239 g/mol. The quantitative estimate of drug-likeness (QED) is 0.724. The van der Waals surface area contributed by atoms with Crippen LogP contribution in [0.25, 0.3) is 0 Å². The van der Waals surface area contributed by atoms with Gasteiger partial charge in [0.05, 0.1) is 0 Å².